The zero-order chi connectivity index (χ0) is 15.5. The Morgan fingerprint density at radius 3 is 2.95 bits per heavy atom. The van der Waals surface area contributed by atoms with Gasteiger partial charge in [-0.2, -0.15) is 5.26 Å². The van der Waals surface area contributed by atoms with Gasteiger partial charge in [-0.3, -0.25) is 0 Å². The van der Waals surface area contributed by atoms with Crippen LogP contribution >= 0.6 is 0 Å². The van der Waals surface area contributed by atoms with Gasteiger partial charge in [0.15, 0.2) is 0 Å². The van der Waals surface area contributed by atoms with Crippen molar-refractivity contribution in [2.45, 2.75) is 25.7 Å². The predicted octanol–water partition coefficient (Wildman–Crippen LogP) is 1.04. The lowest BCUT2D eigenvalue weighted by atomic mass is 9.95. The summed E-state index contributed by atoms with van der Waals surface area (Å²) >= 11 is 0. The van der Waals surface area contributed by atoms with Crippen molar-refractivity contribution in [3.05, 3.63) is 22.9 Å². The molecule has 116 valence electrons. The molecule has 21 heavy (non-hydrogen) atoms. The Balaban J connectivity index is 2.71. The van der Waals surface area contributed by atoms with Crippen molar-refractivity contribution in [3.63, 3.8) is 0 Å². The van der Waals surface area contributed by atoms with E-state index >= 15 is 0 Å². The van der Waals surface area contributed by atoms with Crippen molar-refractivity contribution in [1.29, 1.82) is 5.26 Å². The van der Waals surface area contributed by atoms with E-state index in [1.807, 2.05) is 12.1 Å². The summed E-state index contributed by atoms with van der Waals surface area (Å²) in [5.74, 6) is -0.668. The Bertz CT molecular complexity index is 449. The van der Waals surface area contributed by atoms with E-state index in [1.54, 1.807) is 7.11 Å². The molecule has 0 saturated carbocycles. The number of allylic oxidation sites excluding steroid dienone is 3. The van der Waals surface area contributed by atoms with Gasteiger partial charge in [0, 0.05) is 26.0 Å². The van der Waals surface area contributed by atoms with Gasteiger partial charge in [0.25, 0.3) is 0 Å². The lowest BCUT2D eigenvalue weighted by molar-refractivity contribution is -0.139. The minimum atomic E-state index is -0.668. The van der Waals surface area contributed by atoms with Gasteiger partial charge in [-0.25, -0.2) is 4.79 Å². The first-order valence-corrected chi connectivity index (χ1v) is 7.07. The monoisotopic (exact) mass is 294 g/mol. The van der Waals surface area contributed by atoms with Crippen LogP contribution in [0.25, 0.3) is 0 Å². The van der Waals surface area contributed by atoms with Crippen molar-refractivity contribution in [2.24, 2.45) is 0 Å². The summed E-state index contributed by atoms with van der Waals surface area (Å²) < 4.78 is 9.79. The fourth-order valence-corrected chi connectivity index (χ4v) is 2.09. The molecule has 1 rings (SSSR count). The highest BCUT2D eigenvalue weighted by molar-refractivity contribution is 5.94. The summed E-state index contributed by atoms with van der Waals surface area (Å²) in [6, 6.07) is 1.91. The molecule has 0 spiro atoms. The number of carbonyl (C=O) groups excluding carboxylic acids is 1. The van der Waals surface area contributed by atoms with E-state index in [9.17, 15) is 4.79 Å². The van der Waals surface area contributed by atoms with Crippen molar-refractivity contribution in [1.82, 2.24) is 5.32 Å². The number of aliphatic hydroxyl groups is 1. The molecule has 0 amide bonds. The molecule has 1 aliphatic rings. The highest BCUT2D eigenvalue weighted by Crippen LogP contribution is 2.24. The van der Waals surface area contributed by atoms with Crippen LogP contribution in [0, 0.1) is 11.3 Å². The maximum Gasteiger partial charge on any atom is 0.349 e. The first-order chi connectivity index (χ1) is 10.2. The zero-order valence-corrected chi connectivity index (χ0v) is 12.4. The van der Waals surface area contributed by atoms with E-state index in [0.29, 0.717) is 18.6 Å². The molecule has 0 aromatic carbocycles. The third-order valence-electron chi connectivity index (χ3n) is 3.08. The number of ether oxygens (including phenoxy) is 2. The van der Waals surface area contributed by atoms with Crippen LogP contribution in [0.15, 0.2) is 22.9 Å². The van der Waals surface area contributed by atoms with Crippen LogP contribution in [0.2, 0.25) is 0 Å². The summed E-state index contributed by atoms with van der Waals surface area (Å²) in [5, 5.41) is 21.1. The lowest BCUT2D eigenvalue weighted by Crippen LogP contribution is -2.19. The van der Waals surface area contributed by atoms with Crippen LogP contribution in [0.5, 0.6) is 0 Å². The van der Waals surface area contributed by atoms with Gasteiger partial charge in [-0.15, -0.1) is 0 Å². The van der Waals surface area contributed by atoms with Gasteiger partial charge in [0.1, 0.15) is 18.2 Å². The molecule has 6 heteroatoms. The SMILES string of the molecule is COCCCNC1=C/C(=C(/C#N)C(=O)OCCO)CCC1. The van der Waals surface area contributed by atoms with Gasteiger partial charge in [0.2, 0.25) is 0 Å². The number of hydrogen-bond donors (Lipinski definition) is 2. The van der Waals surface area contributed by atoms with Crippen LogP contribution < -0.4 is 5.32 Å². The number of rotatable bonds is 8. The summed E-state index contributed by atoms with van der Waals surface area (Å²) in [6.07, 6.45) is 5.23. The minimum absolute atomic E-state index is 0.0272. The van der Waals surface area contributed by atoms with E-state index in [1.165, 1.54) is 0 Å². The van der Waals surface area contributed by atoms with Gasteiger partial charge in [-0.1, -0.05) is 0 Å². The second kappa shape index (κ2) is 9.97. The number of nitrogens with one attached hydrogen (secondary N) is 1. The molecule has 0 radical (unpaired) electrons. The predicted molar refractivity (Wildman–Crippen MR) is 77.1 cm³/mol. The van der Waals surface area contributed by atoms with Crippen LogP contribution in [-0.4, -0.2) is 44.6 Å². The molecule has 0 aliphatic heterocycles. The summed E-state index contributed by atoms with van der Waals surface area (Å²) in [7, 11) is 1.66. The van der Waals surface area contributed by atoms with Crippen LogP contribution in [-0.2, 0) is 14.3 Å². The molecule has 0 bridgehead atoms. The van der Waals surface area contributed by atoms with Gasteiger partial charge in [-0.05, 0) is 37.3 Å². The lowest BCUT2D eigenvalue weighted by Gasteiger charge is -2.18. The van der Waals surface area contributed by atoms with Gasteiger partial charge < -0.3 is 19.9 Å². The van der Waals surface area contributed by atoms with Crippen LogP contribution in [0.1, 0.15) is 25.7 Å². The highest BCUT2D eigenvalue weighted by atomic mass is 16.5. The average Bonchev–Trinajstić information content (AvgIpc) is 2.51. The quantitative estimate of drug-likeness (QED) is 0.301. The van der Waals surface area contributed by atoms with Crippen LogP contribution in [0.3, 0.4) is 0 Å². The highest BCUT2D eigenvalue weighted by Gasteiger charge is 2.18. The fraction of sp³-hybridized carbons (Fsp3) is 0.600. The second-order valence-electron chi connectivity index (χ2n) is 4.67. The number of hydrogen-bond acceptors (Lipinski definition) is 6. The Hall–Kier alpha value is -1.84. The van der Waals surface area contributed by atoms with E-state index in [4.69, 9.17) is 19.8 Å². The summed E-state index contributed by atoms with van der Waals surface area (Å²) in [4.78, 5) is 11.8. The third kappa shape index (κ3) is 5.98. The number of nitriles is 1. The molecule has 0 aromatic heterocycles. The third-order valence-corrected chi connectivity index (χ3v) is 3.08. The minimum Gasteiger partial charge on any atom is -0.459 e. The largest absolute Gasteiger partial charge is 0.459 e. The van der Waals surface area contributed by atoms with E-state index < -0.39 is 5.97 Å². The number of nitrogens with zero attached hydrogens (tertiary/aromatic N) is 1. The average molecular weight is 294 g/mol. The van der Waals surface area contributed by atoms with Crippen molar-refractivity contribution in [2.75, 3.05) is 33.5 Å². The number of esters is 1. The molecule has 6 nitrogen and oxygen atoms in total. The summed E-state index contributed by atoms with van der Waals surface area (Å²) in [5.41, 5.74) is 1.75. The maximum atomic E-state index is 11.8. The second-order valence-corrected chi connectivity index (χ2v) is 4.67. The van der Waals surface area contributed by atoms with E-state index in [0.717, 1.165) is 31.5 Å². The molecular formula is C15H22N2O4. The maximum absolute atomic E-state index is 11.8. The van der Waals surface area contributed by atoms with Crippen LogP contribution in [0.4, 0.5) is 0 Å². The molecule has 0 saturated heterocycles. The topological polar surface area (TPSA) is 91.6 Å². The Labute approximate surface area is 125 Å². The van der Waals surface area contributed by atoms with Gasteiger partial charge in [0.05, 0.1) is 6.61 Å². The molecule has 0 heterocycles. The molecule has 2 N–H and O–H groups in total. The van der Waals surface area contributed by atoms with Crippen molar-refractivity contribution < 1.29 is 19.4 Å². The Morgan fingerprint density at radius 1 is 1.48 bits per heavy atom. The first kappa shape index (κ1) is 17.2. The molecule has 0 atom stereocenters. The van der Waals surface area contributed by atoms with Crippen molar-refractivity contribution in [3.8, 4) is 6.07 Å². The Kier molecular flexibility index (Phi) is 8.17. The van der Waals surface area contributed by atoms with Crippen molar-refractivity contribution >= 4 is 5.97 Å². The zero-order valence-electron chi connectivity index (χ0n) is 12.4. The first-order valence-electron chi connectivity index (χ1n) is 7.07. The Morgan fingerprint density at radius 2 is 2.29 bits per heavy atom. The van der Waals surface area contributed by atoms with E-state index in [-0.39, 0.29) is 18.8 Å². The molecular weight excluding hydrogens is 272 g/mol. The van der Waals surface area contributed by atoms with Gasteiger partial charge >= 0.3 is 5.97 Å². The van der Waals surface area contributed by atoms with E-state index in [2.05, 4.69) is 5.32 Å². The number of aliphatic hydroxyl groups excluding tert-OH is 1. The number of carbonyl (C=O) groups is 1. The molecule has 1 aliphatic carbocycles. The molecule has 0 unspecified atom stereocenters. The normalized spacial score (nSPS) is 16.7. The smallest absolute Gasteiger partial charge is 0.349 e. The number of methoxy groups -OCH3 is 1. The molecule has 0 fully saturated rings. The standard InChI is InChI=1S/C15H22N2O4/c1-20-8-3-6-17-13-5-2-4-12(10-13)14(11-16)15(19)21-9-7-18/h10,17-18H,2-9H2,1H3/b14-12-. The fourth-order valence-electron chi connectivity index (χ4n) is 2.09. The summed E-state index contributed by atoms with van der Waals surface area (Å²) in [6.45, 7) is 1.15. The molecule has 0 aromatic rings.